The number of ether oxygens (including phenoxy) is 1. The maximum absolute atomic E-state index is 12.0. The Labute approximate surface area is 134 Å². The van der Waals surface area contributed by atoms with Crippen LogP contribution in [0.3, 0.4) is 0 Å². The highest BCUT2D eigenvalue weighted by molar-refractivity contribution is 7.82. The lowest BCUT2D eigenvalue weighted by molar-refractivity contribution is -0.142. The number of Topliss-reactive ketones (excluding diaryl/α,β-unsaturated/α-hetero) is 1. The second-order valence-corrected chi connectivity index (χ2v) is 5.49. The third-order valence-electron chi connectivity index (χ3n) is 3.27. The Kier molecular flexibility index (Phi) is 5.33. The summed E-state index contributed by atoms with van der Waals surface area (Å²) >= 11 is 3.99. The SMILES string of the molecule is COC(=O)C(S)C(=O)C/C(C)=C/c1nccc2ccccc12. The Morgan fingerprint density at radius 3 is 2.77 bits per heavy atom. The van der Waals surface area contributed by atoms with E-state index in [2.05, 4.69) is 22.3 Å². The van der Waals surface area contributed by atoms with Crippen LogP contribution in [0.2, 0.25) is 0 Å². The van der Waals surface area contributed by atoms with Crippen LogP contribution in [0.5, 0.6) is 0 Å². The van der Waals surface area contributed by atoms with Crippen molar-refractivity contribution in [3.05, 3.63) is 47.8 Å². The van der Waals surface area contributed by atoms with Crippen molar-refractivity contribution < 1.29 is 14.3 Å². The topological polar surface area (TPSA) is 56.3 Å². The summed E-state index contributed by atoms with van der Waals surface area (Å²) in [6, 6.07) is 9.85. The van der Waals surface area contributed by atoms with E-state index in [4.69, 9.17) is 0 Å². The highest BCUT2D eigenvalue weighted by atomic mass is 32.1. The standard InChI is InChI=1S/C17H17NO3S/c1-11(10-15(19)16(22)17(20)21-2)9-14-13-6-4-3-5-12(13)7-8-18-14/h3-9,16,22H,10H2,1-2H3/b11-9+. The number of hydrogen-bond donors (Lipinski definition) is 1. The molecule has 0 amide bonds. The summed E-state index contributed by atoms with van der Waals surface area (Å²) in [4.78, 5) is 27.6. The predicted molar refractivity (Wildman–Crippen MR) is 89.8 cm³/mol. The van der Waals surface area contributed by atoms with E-state index in [0.29, 0.717) is 0 Å². The number of carbonyl (C=O) groups excluding carboxylic acids is 2. The van der Waals surface area contributed by atoms with Gasteiger partial charge in [-0.25, -0.2) is 0 Å². The predicted octanol–water partition coefficient (Wildman–Crippen LogP) is 3.07. The van der Waals surface area contributed by atoms with Crippen LogP contribution >= 0.6 is 12.6 Å². The van der Waals surface area contributed by atoms with Gasteiger partial charge in [0.25, 0.3) is 0 Å². The molecule has 1 aromatic carbocycles. The molecule has 5 heteroatoms. The molecule has 0 aliphatic carbocycles. The molecule has 2 rings (SSSR count). The molecule has 2 aromatic rings. The summed E-state index contributed by atoms with van der Waals surface area (Å²) in [5.74, 6) is -0.923. The summed E-state index contributed by atoms with van der Waals surface area (Å²) in [7, 11) is 1.24. The fourth-order valence-electron chi connectivity index (χ4n) is 2.16. The van der Waals surface area contributed by atoms with E-state index in [1.54, 1.807) is 6.20 Å². The molecule has 0 spiro atoms. The van der Waals surface area contributed by atoms with Gasteiger partial charge in [0.05, 0.1) is 12.8 Å². The first-order chi connectivity index (χ1) is 10.5. The fourth-order valence-corrected chi connectivity index (χ4v) is 2.35. The molecule has 1 heterocycles. The summed E-state index contributed by atoms with van der Waals surface area (Å²) in [6.45, 7) is 1.83. The summed E-state index contributed by atoms with van der Waals surface area (Å²) < 4.78 is 4.52. The zero-order chi connectivity index (χ0) is 16.1. The van der Waals surface area contributed by atoms with Crippen molar-refractivity contribution in [2.45, 2.75) is 18.6 Å². The highest BCUT2D eigenvalue weighted by Crippen LogP contribution is 2.20. The Balaban J connectivity index is 2.21. The van der Waals surface area contributed by atoms with Gasteiger partial charge in [0.1, 0.15) is 0 Å². The molecule has 0 bridgehead atoms. The van der Waals surface area contributed by atoms with Crippen molar-refractivity contribution >= 4 is 41.2 Å². The Bertz CT molecular complexity index is 734. The molecule has 0 saturated carbocycles. The Morgan fingerprint density at radius 1 is 1.32 bits per heavy atom. The van der Waals surface area contributed by atoms with Gasteiger partial charge in [-0.2, -0.15) is 12.6 Å². The molecule has 0 aliphatic heterocycles. The van der Waals surface area contributed by atoms with Crippen molar-refractivity contribution in [3.63, 3.8) is 0 Å². The van der Waals surface area contributed by atoms with Gasteiger partial charge >= 0.3 is 5.97 Å². The number of thiol groups is 1. The average molecular weight is 315 g/mol. The first-order valence-corrected chi connectivity index (χ1v) is 7.34. The van der Waals surface area contributed by atoms with E-state index >= 15 is 0 Å². The van der Waals surface area contributed by atoms with Crippen molar-refractivity contribution in [1.29, 1.82) is 0 Å². The van der Waals surface area contributed by atoms with Crippen molar-refractivity contribution in [1.82, 2.24) is 4.98 Å². The second-order valence-electron chi connectivity index (χ2n) is 4.98. The molecule has 1 unspecified atom stereocenters. The monoisotopic (exact) mass is 315 g/mol. The number of allylic oxidation sites excluding steroid dienone is 1. The minimum Gasteiger partial charge on any atom is -0.468 e. The number of pyridine rings is 1. The average Bonchev–Trinajstić information content (AvgIpc) is 2.53. The summed E-state index contributed by atoms with van der Waals surface area (Å²) in [6.07, 6.45) is 3.73. The molecule has 1 aromatic heterocycles. The first-order valence-electron chi connectivity index (χ1n) is 6.82. The number of rotatable bonds is 5. The number of hydrogen-bond acceptors (Lipinski definition) is 5. The largest absolute Gasteiger partial charge is 0.468 e. The van der Waals surface area contributed by atoms with Crippen LogP contribution in [0.15, 0.2) is 42.1 Å². The Morgan fingerprint density at radius 2 is 2.05 bits per heavy atom. The van der Waals surface area contributed by atoms with Gasteiger partial charge in [-0.3, -0.25) is 14.6 Å². The number of benzene rings is 1. The van der Waals surface area contributed by atoms with Gasteiger partial charge in [-0.05, 0) is 24.5 Å². The second kappa shape index (κ2) is 7.22. The smallest absolute Gasteiger partial charge is 0.326 e. The van der Waals surface area contributed by atoms with Gasteiger partial charge in [-0.1, -0.05) is 29.8 Å². The van der Waals surface area contributed by atoms with Crippen LogP contribution in [-0.4, -0.2) is 29.1 Å². The van der Waals surface area contributed by atoms with Crippen LogP contribution in [0.1, 0.15) is 19.0 Å². The molecular formula is C17H17NO3S. The van der Waals surface area contributed by atoms with Crippen LogP contribution < -0.4 is 0 Å². The van der Waals surface area contributed by atoms with Crippen LogP contribution in [0.4, 0.5) is 0 Å². The summed E-state index contributed by atoms with van der Waals surface area (Å²) in [5.41, 5.74) is 1.62. The molecule has 0 N–H and O–H groups in total. The number of methoxy groups -OCH3 is 1. The molecule has 22 heavy (non-hydrogen) atoms. The van der Waals surface area contributed by atoms with Gasteiger partial charge in [0, 0.05) is 18.0 Å². The Hall–Kier alpha value is -2.14. The first kappa shape index (κ1) is 16.2. The van der Waals surface area contributed by atoms with Gasteiger partial charge in [0.2, 0.25) is 0 Å². The van der Waals surface area contributed by atoms with Gasteiger partial charge in [0.15, 0.2) is 11.0 Å². The van der Waals surface area contributed by atoms with Crippen molar-refractivity contribution in [3.8, 4) is 0 Å². The molecule has 4 nitrogen and oxygen atoms in total. The van der Waals surface area contributed by atoms with E-state index in [1.807, 2.05) is 43.3 Å². The van der Waals surface area contributed by atoms with E-state index in [0.717, 1.165) is 22.0 Å². The maximum Gasteiger partial charge on any atom is 0.326 e. The minimum atomic E-state index is -1.05. The fraction of sp³-hybridized carbons (Fsp3) is 0.235. The summed E-state index contributed by atoms with van der Waals surface area (Å²) in [5, 5.41) is 1.06. The van der Waals surface area contributed by atoms with E-state index in [-0.39, 0.29) is 12.2 Å². The zero-order valence-corrected chi connectivity index (χ0v) is 13.3. The number of ketones is 1. The van der Waals surface area contributed by atoms with E-state index in [1.165, 1.54) is 7.11 Å². The zero-order valence-electron chi connectivity index (χ0n) is 12.4. The molecule has 114 valence electrons. The molecule has 0 aliphatic rings. The number of aromatic nitrogens is 1. The number of esters is 1. The third-order valence-corrected chi connectivity index (χ3v) is 3.77. The van der Waals surface area contributed by atoms with Gasteiger partial charge < -0.3 is 4.74 Å². The van der Waals surface area contributed by atoms with Crippen molar-refractivity contribution in [2.24, 2.45) is 0 Å². The molecular weight excluding hydrogens is 298 g/mol. The van der Waals surface area contributed by atoms with Gasteiger partial charge in [-0.15, -0.1) is 0 Å². The molecule has 1 atom stereocenters. The highest BCUT2D eigenvalue weighted by Gasteiger charge is 2.23. The third kappa shape index (κ3) is 3.74. The minimum absolute atomic E-state index is 0.133. The maximum atomic E-state index is 12.0. The molecule has 0 radical (unpaired) electrons. The number of fused-ring (bicyclic) bond motifs is 1. The van der Waals surface area contributed by atoms with Crippen LogP contribution in [0, 0.1) is 0 Å². The lowest BCUT2D eigenvalue weighted by Gasteiger charge is -2.08. The lowest BCUT2D eigenvalue weighted by atomic mass is 10.0. The van der Waals surface area contributed by atoms with Crippen LogP contribution in [0.25, 0.3) is 16.8 Å². The lowest BCUT2D eigenvalue weighted by Crippen LogP contribution is -2.26. The quantitative estimate of drug-likeness (QED) is 0.523. The number of carbonyl (C=O) groups is 2. The van der Waals surface area contributed by atoms with E-state index < -0.39 is 11.2 Å². The number of nitrogens with zero attached hydrogens (tertiary/aromatic N) is 1. The molecule has 0 fully saturated rings. The molecule has 0 saturated heterocycles. The van der Waals surface area contributed by atoms with Crippen molar-refractivity contribution in [2.75, 3.05) is 7.11 Å². The van der Waals surface area contributed by atoms with E-state index in [9.17, 15) is 9.59 Å². The normalized spacial score (nSPS) is 13.0. The van der Waals surface area contributed by atoms with Crippen LogP contribution in [-0.2, 0) is 14.3 Å².